The molecule has 0 fully saturated rings. The van der Waals surface area contributed by atoms with Crippen LogP contribution in [0.4, 0.5) is 0 Å². The minimum Gasteiger partial charge on any atom is -0.503 e. The number of rotatable bonds is 6. The number of carbonyl (C=O) groups excluding carboxylic acids is 2. The van der Waals surface area contributed by atoms with Gasteiger partial charge in [0.25, 0.3) is 5.91 Å². The van der Waals surface area contributed by atoms with Gasteiger partial charge in [0.15, 0.2) is 11.5 Å². The smallest absolute Gasteiger partial charge is 0.290 e. The molecule has 0 saturated heterocycles. The number of pyridine rings is 1. The van der Waals surface area contributed by atoms with Gasteiger partial charge in [-0.3, -0.25) is 14.6 Å². The summed E-state index contributed by atoms with van der Waals surface area (Å²) in [5.74, 6) is -1.49. The number of nitrogens with zero attached hydrogens (tertiary/aromatic N) is 3. The Kier molecular flexibility index (Phi) is 4.67. The maximum atomic E-state index is 12.8. The summed E-state index contributed by atoms with van der Waals surface area (Å²) in [5.41, 5.74) is 0.742. The molecule has 1 aliphatic rings. The van der Waals surface area contributed by atoms with Gasteiger partial charge in [-0.25, -0.2) is 0 Å². The van der Waals surface area contributed by atoms with Gasteiger partial charge in [0.1, 0.15) is 0 Å². The van der Waals surface area contributed by atoms with E-state index in [0.717, 1.165) is 0 Å². The summed E-state index contributed by atoms with van der Waals surface area (Å²) in [4.78, 5) is 32.8. The van der Waals surface area contributed by atoms with Crippen LogP contribution in [-0.2, 0) is 4.79 Å². The number of aliphatic hydroxyl groups is 1. The van der Waals surface area contributed by atoms with Crippen LogP contribution in [0.15, 0.2) is 58.7 Å². The van der Waals surface area contributed by atoms with Crippen molar-refractivity contribution in [1.29, 1.82) is 0 Å². The quantitative estimate of drug-likeness (QED) is 0.807. The molecule has 2 aromatic heterocycles. The highest BCUT2D eigenvalue weighted by Gasteiger charge is 2.44. The second kappa shape index (κ2) is 6.90. The van der Waals surface area contributed by atoms with Crippen LogP contribution in [0.1, 0.15) is 22.2 Å². The van der Waals surface area contributed by atoms with Gasteiger partial charge in [0.2, 0.25) is 5.78 Å². The topological polar surface area (TPSA) is 86.9 Å². The van der Waals surface area contributed by atoms with Crippen molar-refractivity contribution in [2.24, 2.45) is 0 Å². The third-order valence-electron chi connectivity index (χ3n) is 4.10. The Hall–Kier alpha value is -2.93. The van der Waals surface area contributed by atoms with Crippen LogP contribution in [0.2, 0.25) is 0 Å². The third-order valence-corrected chi connectivity index (χ3v) is 4.10. The maximum absolute atomic E-state index is 12.8. The van der Waals surface area contributed by atoms with Crippen molar-refractivity contribution in [3.05, 3.63) is 65.6 Å². The van der Waals surface area contributed by atoms with E-state index in [9.17, 15) is 14.7 Å². The highest BCUT2D eigenvalue weighted by Crippen LogP contribution is 2.38. The molecule has 0 aliphatic carbocycles. The molecule has 0 aromatic carbocycles. The molecule has 1 N–H and O–H groups in total. The number of aromatic nitrogens is 1. The molecular formula is C18H19N3O4. The van der Waals surface area contributed by atoms with Gasteiger partial charge < -0.3 is 19.3 Å². The molecule has 7 heteroatoms. The minimum atomic E-state index is -0.673. The molecule has 130 valence electrons. The zero-order chi connectivity index (χ0) is 18.0. The molecule has 1 atom stereocenters. The van der Waals surface area contributed by atoms with E-state index in [-0.39, 0.29) is 11.3 Å². The monoisotopic (exact) mass is 341 g/mol. The average Bonchev–Trinajstić information content (AvgIpc) is 3.22. The summed E-state index contributed by atoms with van der Waals surface area (Å²) >= 11 is 0. The van der Waals surface area contributed by atoms with Gasteiger partial charge in [-0.1, -0.05) is 0 Å². The standard InChI is InChI=1S/C18H19N3O4/c1-20(2)9-10-21-15(12-5-7-19-8-6-12)14(17(23)18(21)24)16(22)13-4-3-11-25-13/h3-8,11,15,23H,9-10H2,1-2H3. The van der Waals surface area contributed by atoms with E-state index in [1.807, 2.05) is 19.0 Å². The number of Topliss-reactive ketones (excluding diaryl/α,β-unsaturated/α-hetero) is 1. The zero-order valence-corrected chi connectivity index (χ0v) is 14.0. The lowest BCUT2D eigenvalue weighted by molar-refractivity contribution is -0.129. The minimum absolute atomic E-state index is 0.0323. The van der Waals surface area contributed by atoms with E-state index < -0.39 is 23.5 Å². The van der Waals surface area contributed by atoms with Crippen molar-refractivity contribution in [2.45, 2.75) is 6.04 Å². The SMILES string of the molecule is CN(C)CCN1C(=O)C(O)=C(C(=O)c2ccco2)C1c1ccncc1. The van der Waals surface area contributed by atoms with Gasteiger partial charge in [-0.15, -0.1) is 0 Å². The molecule has 2 aromatic rings. The number of amides is 1. The highest BCUT2D eigenvalue weighted by atomic mass is 16.3. The van der Waals surface area contributed by atoms with E-state index in [2.05, 4.69) is 4.98 Å². The molecular weight excluding hydrogens is 322 g/mol. The molecule has 7 nitrogen and oxygen atoms in total. The number of furan rings is 1. The maximum Gasteiger partial charge on any atom is 0.290 e. The largest absolute Gasteiger partial charge is 0.503 e. The predicted octanol–water partition coefficient (Wildman–Crippen LogP) is 1.81. The van der Waals surface area contributed by atoms with Gasteiger partial charge in [0, 0.05) is 25.5 Å². The van der Waals surface area contributed by atoms with Gasteiger partial charge in [-0.05, 0) is 43.9 Å². The van der Waals surface area contributed by atoms with Crippen LogP contribution in [0.5, 0.6) is 0 Å². The van der Waals surface area contributed by atoms with Crippen molar-refractivity contribution in [3.8, 4) is 0 Å². The molecule has 0 radical (unpaired) electrons. The Labute approximate surface area is 145 Å². The first-order valence-electron chi connectivity index (χ1n) is 7.87. The van der Waals surface area contributed by atoms with Crippen molar-refractivity contribution >= 4 is 11.7 Å². The Morgan fingerprint density at radius 1 is 1.32 bits per heavy atom. The predicted molar refractivity (Wildman–Crippen MR) is 89.9 cm³/mol. The lowest BCUT2D eigenvalue weighted by atomic mass is 9.96. The van der Waals surface area contributed by atoms with Crippen LogP contribution in [0.25, 0.3) is 0 Å². The Bertz CT molecular complexity index is 797. The zero-order valence-electron chi connectivity index (χ0n) is 14.0. The molecule has 0 saturated carbocycles. The van der Waals surface area contributed by atoms with Crippen molar-refractivity contribution in [2.75, 3.05) is 27.2 Å². The molecule has 0 spiro atoms. The second-order valence-corrected chi connectivity index (χ2v) is 6.05. The number of hydrogen-bond donors (Lipinski definition) is 1. The van der Waals surface area contributed by atoms with Crippen LogP contribution in [-0.4, -0.2) is 58.8 Å². The van der Waals surface area contributed by atoms with E-state index in [1.165, 1.54) is 17.2 Å². The average molecular weight is 341 g/mol. The number of hydrogen-bond acceptors (Lipinski definition) is 6. The fraction of sp³-hybridized carbons (Fsp3) is 0.278. The fourth-order valence-electron chi connectivity index (χ4n) is 2.86. The van der Waals surface area contributed by atoms with Gasteiger partial charge in [0.05, 0.1) is 17.9 Å². The lowest BCUT2D eigenvalue weighted by Crippen LogP contribution is -2.36. The molecule has 3 rings (SSSR count). The molecule has 1 unspecified atom stereocenters. The molecule has 1 amide bonds. The summed E-state index contributed by atoms with van der Waals surface area (Å²) in [6.45, 7) is 0.973. The Morgan fingerprint density at radius 2 is 2.04 bits per heavy atom. The molecule has 0 bridgehead atoms. The second-order valence-electron chi connectivity index (χ2n) is 6.05. The molecule has 1 aliphatic heterocycles. The number of ketones is 1. The third kappa shape index (κ3) is 3.18. The Balaban J connectivity index is 2.04. The summed E-state index contributed by atoms with van der Waals surface area (Å²) in [6, 6.07) is 5.89. The van der Waals surface area contributed by atoms with Crippen molar-refractivity contribution < 1.29 is 19.1 Å². The van der Waals surface area contributed by atoms with E-state index >= 15 is 0 Å². The summed E-state index contributed by atoms with van der Waals surface area (Å²) in [7, 11) is 3.79. The van der Waals surface area contributed by atoms with E-state index in [1.54, 1.807) is 30.6 Å². The first-order valence-corrected chi connectivity index (χ1v) is 7.87. The summed E-state index contributed by atoms with van der Waals surface area (Å²) in [5, 5.41) is 10.4. The van der Waals surface area contributed by atoms with Gasteiger partial charge in [-0.2, -0.15) is 0 Å². The lowest BCUT2D eigenvalue weighted by Gasteiger charge is -2.27. The van der Waals surface area contributed by atoms with Crippen molar-refractivity contribution in [3.63, 3.8) is 0 Å². The number of aliphatic hydroxyl groups excluding tert-OH is 1. The van der Waals surface area contributed by atoms with E-state index in [4.69, 9.17) is 4.42 Å². The molecule has 25 heavy (non-hydrogen) atoms. The number of carbonyl (C=O) groups is 2. The van der Waals surface area contributed by atoms with E-state index in [0.29, 0.717) is 18.7 Å². The number of likely N-dealkylation sites (N-methyl/N-ethyl adjacent to an activating group) is 1. The van der Waals surface area contributed by atoms with Crippen LogP contribution in [0, 0.1) is 0 Å². The first-order chi connectivity index (χ1) is 12.0. The molecule has 3 heterocycles. The van der Waals surface area contributed by atoms with Crippen molar-refractivity contribution in [1.82, 2.24) is 14.8 Å². The first kappa shape index (κ1) is 16.9. The Morgan fingerprint density at radius 3 is 2.64 bits per heavy atom. The van der Waals surface area contributed by atoms with Gasteiger partial charge >= 0.3 is 0 Å². The summed E-state index contributed by atoms with van der Waals surface area (Å²) in [6.07, 6.45) is 4.56. The van der Waals surface area contributed by atoms with Crippen LogP contribution >= 0.6 is 0 Å². The summed E-state index contributed by atoms with van der Waals surface area (Å²) < 4.78 is 5.16. The fourth-order valence-corrected chi connectivity index (χ4v) is 2.86. The van der Waals surface area contributed by atoms with Crippen LogP contribution in [0.3, 0.4) is 0 Å². The highest BCUT2D eigenvalue weighted by molar-refractivity contribution is 6.14. The normalized spacial score (nSPS) is 17.6. The van der Waals surface area contributed by atoms with Crippen LogP contribution < -0.4 is 0 Å².